The smallest absolute Gasteiger partial charge is 0.118 e. The van der Waals surface area contributed by atoms with Crippen LogP contribution in [0.4, 0.5) is 0 Å². The predicted octanol–water partition coefficient (Wildman–Crippen LogP) is 4.47. The van der Waals surface area contributed by atoms with E-state index in [1.54, 1.807) is 7.11 Å². The molecule has 0 aromatic heterocycles. The second-order valence-electron chi connectivity index (χ2n) is 5.47. The van der Waals surface area contributed by atoms with Crippen LogP contribution in [0.5, 0.6) is 5.75 Å². The summed E-state index contributed by atoms with van der Waals surface area (Å²) in [7, 11) is 1.67. The topological polar surface area (TPSA) is 18.5 Å². The summed E-state index contributed by atoms with van der Waals surface area (Å²) in [5.74, 6) is 0.869. The Hall–Kier alpha value is -1.54. The van der Waals surface area contributed by atoms with Gasteiger partial charge in [-0.15, -0.1) is 6.58 Å². The zero-order chi connectivity index (χ0) is 14.3. The summed E-state index contributed by atoms with van der Waals surface area (Å²) in [6.07, 6.45) is 4.89. The van der Waals surface area contributed by atoms with Gasteiger partial charge in [0.15, 0.2) is 0 Å². The van der Waals surface area contributed by atoms with Crippen molar-refractivity contribution in [1.29, 1.82) is 0 Å². The standard InChI is InChI=1S/C17H24O2/c1-6-7-15(13-19-17(2,3)4)12-14-8-10-16(18-5)11-9-14/h6,8-12H,1,7,13H2,2-5H3/b15-12-. The normalized spacial score (nSPS) is 12.3. The first-order chi connectivity index (χ1) is 8.94. The quantitative estimate of drug-likeness (QED) is 0.703. The molecule has 1 aromatic rings. The van der Waals surface area contributed by atoms with Crippen molar-refractivity contribution in [2.45, 2.75) is 32.8 Å². The third-order valence-electron chi connectivity index (χ3n) is 2.58. The van der Waals surface area contributed by atoms with Gasteiger partial charge in [-0.05, 0) is 50.5 Å². The fourth-order valence-electron chi connectivity index (χ4n) is 1.59. The highest BCUT2D eigenvalue weighted by atomic mass is 16.5. The number of allylic oxidation sites excluding steroid dienone is 1. The highest BCUT2D eigenvalue weighted by Gasteiger charge is 2.10. The monoisotopic (exact) mass is 260 g/mol. The molecule has 0 aliphatic carbocycles. The van der Waals surface area contributed by atoms with Crippen molar-refractivity contribution >= 4 is 6.08 Å². The van der Waals surface area contributed by atoms with Crippen molar-refractivity contribution in [3.63, 3.8) is 0 Å². The van der Waals surface area contributed by atoms with Crippen molar-refractivity contribution in [3.8, 4) is 5.75 Å². The third kappa shape index (κ3) is 6.25. The van der Waals surface area contributed by atoms with E-state index in [0.29, 0.717) is 6.61 Å². The van der Waals surface area contributed by atoms with E-state index >= 15 is 0 Å². The molecule has 0 saturated carbocycles. The van der Waals surface area contributed by atoms with Gasteiger partial charge in [-0.1, -0.05) is 24.3 Å². The highest BCUT2D eigenvalue weighted by Crippen LogP contribution is 2.17. The summed E-state index contributed by atoms with van der Waals surface area (Å²) in [6.45, 7) is 10.6. The van der Waals surface area contributed by atoms with Crippen LogP contribution < -0.4 is 4.74 Å². The maximum atomic E-state index is 5.82. The molecule has 1 aromatic carbocycles. The molecular weight excluding hydrogens is 236 g/mol. The average Bonchev–Trinajstić information content (AvgIpc) is 2.36. The molecule has 0 saturated heterocycles. The molecule has 2 heteroatoms. The van der Waals surface area contributed by atoms with Crippen LogP contribution in [0.15, 0.2) is 42.5 Å². The second-order valence-corrected chi connectivity index (χ2v) is 5.47. The van der Waals surface area contributed by atoms with Gasteiger partial charge in [0, 0.05) is 0 Å². The lowest BCUT2D eigenvalue weighted by Gasteiger charge is -2.20. The summed E-state index contributed by atoms with van der Waals surface area (Å²) < 4.78 is 11.0. The maximum Gasteiger partial charge on any atom is 0.118 e. The van der Waals surface area contributed by atoms with Gasteiger partial charge in [-0.25, -0.2) is 0 Å². The molecule has 0 aliphatic heterocycles. The lowest BCUT2D eigenvalue weighted by atomic mass is 10.1. The SMILES string of the molecule is C=CC/C(=C/c1ccc(OC)cc1)COC(C)(C)C. The maximum absolute atomic E-state index is 5.82. The number of hydrogen-bond donors (Lipinski definition) is 0. The lowest BCUT2D eigenvalue weighted by Crippen LogP contribution is -2.20. The first-order valence-corrected chi connectivity index (χ1v) is 6.53. The van der Waals surface area contributed by atoms with Gasteiger partial charge in [0.25, 0.3) is 0 Å². The number of methoxy groups -OCH3 is 1. The lowest BCUT2D eigenvalue weighted by molar-refractivity contribution is 0.0109. The summed E-state index contributed by atoms with van der Waals surface area (Å²) in [5, 5.41) is 0. The van der Waals surface area contributed by atoms with Crippen molar-refractivity contribution < 1.29 is 9.47 Å². The van der Waals surface area contributed by atoms with Gasteiger partial charge in [-0.3, -0.25) is 0 Å². The number of rotatable bonds is 6. The molecule has 0 aliphatic rings. The molecule has 2 nitrogen and oxygen atoms in total. The Morgan fingerprint density at radius 1 is 1.21 bits per heavy atom. The largest absolute Gasteiger partial charge is 0.497 e. The number of hydrogen-bond acceptors (Lipinski definition) is 2. The van der Waals surface area contributed by atoms with Crippen LogP contribution in [0.2, 0.25) is 0 Å². The highest BCUT2D eigenvalue weighted by molar-refractivity contribution is 5.54. The van der Waals surface area contributed by atoms with Gasteiger partial charge in [0.05, 0.1) is 19.3 Å². The molecule has 0 fully saturated rings. The van der Waals surface area contributed by atoms with E-state index in [9.17, 15) is 0 Å². The van der Waals surface area contributed by atoms with Crippen LogP contribution in [0.25, 0.3) is 6.08 Å². The fraction of sp³-hybridized carbons (Fsp3) is 0.412. The molecule has 0 radical (unpaired) electrons. The van der Waals surface area contributed by atoms with E-state index in [4.69, 9.17) is 9.47 Å². The minimum absolute atomic E-state index is 0.125. The van der Waals surface area contributed by atoms with E-state index in [-0.39, 0.29) is 5.60 Å². The minimum Gasteiger partial charge on any atom is -0.497 e. The molecule has 1 rings (SSSR count). The number of benzene rings is 1. The van der Waals surface area contributed by atoms with E-state index in [2.05, 4.69) is 33.4 Å². The van der Waals surface area contributed by atoms with E-state index in [1.165, 1.54) is 5.57 Å². The fourth-order valence-corrected chi connectivity index (χ4v) is 1.59. The molecule has 0 bridgehead atoms. The van der Waals surface area contributed by atoms with Crippen LogP contribution in [0.1, 0.15) is 32.8 Å². The Morgan fingerprint density at radius 3 is 2.32 bits per heavy atom. The molecule has 0 atom stereocenters. The first-order valence-electron chi connectivity index (χ1n) is 6.53. The minimum atomic E-state index is -0.125. The Balaban J connectivity index is 2.78. The molecule has 0 heterocycles. The first kappa shape index (κ1) is 15.5. The van der Waals surface area contributed by atoms with E-state index in [0.717, 1.165) is 17.7 Å². The second kappa shape index (κ2) is 7.15. The van der Waals surface area contributed by atoms with Gasteiger partial charge in [-0.2, -0.15) is 0 Å². The zero-order valence-electron chi connectivity index (χ0n) is 12.4. The molecule has 0 unspecified atom stereocenters. The number of ether oxygens (including phenoxy) is 2. The van der Waals surface area contributed by atoms with Crippen molar-refractivity contribution in [3.05, 3.63) is 48.1 Å². The average molecular weight is 260 g/mol. The third-order valence-corrected chi connectivity index (χ3v) is 2.58. The Labute approximate surface area is 116 Å². The zero-order valence-corrected chi connectivity index (χ0v) is 12.4. The van der Waals surface area contributed by atoms with Crippen LogP contribution >= 0.6 is 0 Å². The Bertz CT molecular complexity index is 422. The van der Waals surface area contributed by atoms with Crippen LogP contribution in [-0.2, 0) is 4.74 Å². The predicted molar refractivity (Wildman–Crippen MR) is 81.5 cm³/mol. The molecule has 0 N–H and O–H groups in total. The molecular formula is C17H24O2. The van der Waals surface area contributed by atoms with E-state index < -0.39 is 0 Å². The summed E-state index contributed by atoms with van der Waals surface area (Å²) in [4.78, 5) is 0. The summed E-state index contributed by atoms with van der Waals surface area (Å²) in [6, 6.07) is 8.00. The molecule has 0 amide bonds. The Morgan fingerprint density at radius 2 is 1.84 bits per heavy atom. The van der Waals surface area contributed by atoms with Gasteiger partial charge in [0.1, 0.15) is 5.75 Å². The Kier molecular flexibility index (Phi) is 5.84. The van der Waals surface area contributed by atoms with Gasteiger partial charge >= 0.3 is 0 Å². The summed E-state index contributed by atoms with van der Waals surface area (Å²) >= 11 is 0. The van der Waals surface area contributed by atoms with Gasteiger partial charge in [0.2, 0.25) is 0 Å². The molecule has 0 spiro atoms. The van der Waals surface area contributed by atoms with Crippen LogP contribution in [0, 0.1) is 0 Å². The van der Waals surface area contributed by atoms with Crippen LogP contribution in [-0.4, -0.2) is 19.3 Å². The van der Waals surface area contributed by atoms with Gasteiger partial charge < -0.3 is 9.47 Å². The van der Waals surface area contributed by atoms with Crippen molar-refractivity contribution in [2.24, 2.45) is 0 Å². The van der Waals surface area contributed by atoms with E-state index in [1.807, 2.05) is 30.3 Å². The van der Waals surface area contributed by atoms with Crippen molar-refractivity contribution in [1.82, 2.24) is 0 Å². The van der Waals surface area contributed by atoms with Crippen LogP contribution in [0.3, 0.4) is 0 Å². The molecule has 104 valence electrons. The van der Waals surface area contributed by atoms with Crippen molar-refractivity contribution in [2.75, 3.05) is 13.7 Å². The molecule has 19 heavy (non-hydrogen) atoms. The summed E-state index contributed by atoms with van der Waals surface area (Å²) in [5.41, 5.74) is 2.24.